The molecule has 0 aliphatic carbocycles. The summed E-state index contributed by atoms with van der Waals surface area (Å²) in [5.41, 5.74) is 0. The Kier molecular flexibility index (Phi) is 4.52. The van der Waals surface area contributed by atoms with Crippen molar-refractivity contribution >= 4 is 11.8 Å². The number of anilines is 2. The highest BCUT2D eigenvalue weighted by Gasteiger charge is 2.23. The molecule has 19 heavy (non-hydrogen) atoms. The SMILES string of the molecule is CNc1ncc(F)c(N2CCC(CN(C)C)CC2)n1. The van der Waals surface area contributed by atoms with Gasteiger partial charge in [-0.1, -0.05) is 0 Å². The first-order chi connectivity index (χ1) is 9.10. The molecule has 0 unspecified atom stereocenters. The van der Waals surface area contributed by atoms with Gasteiger partial charge in [-0.3, -0.25) is 0 Å². The Morgan fingerprint density at radius 3 is 2.68 bits per heavy atom. The van der Waals surface area contributed by atoms with Crippen LogP contribution >= 0.6 is 0 Å². The van der Waals surface area contributed by atoms with Crippen molar-refractivity contribution in [3.05, 3.63) is 12.0 Å². The van der Waals surface area contributed by atoms with E-state index in [0.717, 1.165) is 32.5 Å². The lowest BCUT2D eigenvalue weighted by Crippen LogP contribution is -2.38. The van der Waals surface area contributed by atoms with Gasteiger partial charge in [0.25, 0.3) is 0 Å². The summed E-state index contributed by atoms with van der Waals surface area (Å²) in [6.45, 7) is 2.81. The van der Waals surface area contributed by atoms with Crippen LogP contribution in [0, 0.1) is 11.7 Å². The summed E-state index contributed by atoms with van der Waals surface area (Å²) in [5, 5.41) is 2.85. The average molecular weight is 267 g/mol. The fourth-order valence-electron chi connectivity index (χ4n) is 2.54. The van der Waals surface area contributed by atoms with Crippen molar-refractivity contribution in [1.82, 2.24) is 14.9 Å². The maximum Gasteiger partial charge on any atom is 0.224 e. The second-order valence-electron chi connectivity index (χ2n) is 5.31. The number of nitrogens with one attached hydrogen (secondary N) is 1. The summed E-state index contributed by atoms with van der Waals surface area (Å²) in [4.78, 5) is 12.3. The standard InChI is InChI=1S/C13H22FN5/c1-15-13-16-8-11(14)12(17-13)19-6-4-10(5-7-19)9-18(2)3/h8,10H,4-7,9H2,1-3H3,(H,15,16,17). The van der Waals surface area contributed by atoms with Crippen LogP contribution in [0.2, 0.25) is 0 Å². The van der Waals surface area contributed by atoms with E-state index in [1.54, 1.807) is 7.05 Å². The Balaban J connectivity index is 2.01. The normalized spacial score (nSPS) is 17.0. The summed E-state index contributed by atoms with van der Waals surface area (Å²) in [7, 11) is 5.92. The first kappa shape index (κ1) is 14.0. The van der Waals surface area contributed by atoms with E-state index in [0.29, 0.717) is 17.7 Å². The molecule has 5 nitrogen and oxygen atoms in total. The molecular weight excluding hydrogens is 245 g/mol. The van der Waals surface area contributed by atoms with Crippen LogP contribution in [-0.2, 0) is 0 Å². The molecule has 0 amide bonds. The van der Waals surface area contributed by atoms with Gasteiger partial charge < -0.3 is 15.1 Å². The molecule has 2 rings (SSSR count). The van der Waals surface area contributed by atoms with Gasteiger partial charge in [-0.05, 0) is 32.9 Å². The molecule has 1 fully saturated rings. The van der Waals surface area contributed by atoms with Crippen LogP contribution < -0.4 is 10.2 Å². The Hall–Kier alpha value is -1.43. The lowest BCUT2D eigenvalue weighted by molar-refractivity contribution is 0.284. The van der Waals surface area contributed by atoms with Crippen LogP contribution in [0.5, 0.6) is 0 Å². The van der Waals surface area contributed by atoms with Gasteiger partial charge in [-0.25, -0.2) is 9.37 Å². The Morgan fingerprint density at radius 2 is 2.11 bits per heavy atom. The molecule has 2 heterocycles. The van der Waals surface area contributed by atoms with Gasteiger partial charge in [-0.2, -0.15) is 4.98 Å². The van der Waals surface area contributed by atoms with Gasteiger partial charge in [0, 0.05) is 26.7 Å². The number of nitrogens with zero attached hydrogens (tertiary/aromatic N) is 4. The molecule has 6 heteroatoms. The lowest BCUT2D eigenvalue weighted by atomic mass is 9.96. The minimum Gasteiger partial charge on any atom is -0.357 e. The Morgan fingerprint density at radius 1 is 1.42 bits per heavy atom. The van der Waals surface area contributed by atoms with E-state index in [4.69, 9.17) is 0 Å². The smallest absolute Gasteiger partial charge is 0.224 e. The third kappa shape index (κ3) is 3.53. The number of hydrogen-bond donors (Lipinski definition) is 1. The fraction of sp³-hybridized carbons (Fsp3) is 0.692. The molecule has 1 aromatic rings. The van der Waals surface area contributed by atoms with E-state index in [9.17, 15) is 4.39 Å². The summed E-state index contributed by atoms with van der Waals surface area (Å²) >= 11 is 0. The maximum atomic E-state index is 13.8. The zero-order valence-electron chi connectivity index (χ0n) is 11.9. The molecule has 106 valence electrons. The highest BCUT2D eigenvalue weighted by Crippen LogP contribution is 2.24. The minimum absolute atomic E-state index is 0.343. The Labute approximate surface area is 113 Å². The van der Waals surface area contributed by atoms with Crippen molar-refractivity contribution in [2.45, 2.75) is 12.8 Å². The molecule has 0 saturated carbocycles. The maximum absolute atomic E-state index is 13.8. The number of aromatic nitrogens is 2. The van der Waals surface area contributed by atoms with E-state index < -0.39 is 0 Å². The van der Waals surface area contributed by atoms with Crippen molar-refractivity contribution in [1.29, 1.82) is 0 Å². The monoisotopic (exact) mass is 267 g/mol. The van der Waals surface area contributed by atoms with Crippen molar-refractivity contribution in [3.63, 3.8) is 0 Å². The molecule has 0 atom stereocenters. The quantitative estimate of drug-likeness (QED) is 0.894. The van der Waals surface area contributed by atoms with Crippen molar-refractivity contribution in [3.8, 4) is 0 Å². The molecule has 1 aliphatic heterocycles. The van der Waals surface area contributed by atoms with E-state index in [2.05, 4.69) is 34.3 Å². The van der Waals surface area contributed by atoms with Gasteiger partial charge >= 0.3 is 0 Å². The van der Waals surface area contributed by atoms with E-state index >= 15 is 0 Å². The zero-order chi connectivity index (χ0) is 13.8. The van der Waals surface area contributed by atoms with Crippen molar-refractivity contribution < 1.29 is 4.39 Å². The first-order valence-electron chi connectivity index (χ1n) is 6.70. The van der Waals surface area contributed by atoms with Crippen LogP contribution in [0.3, 0.4) is 0 Å². The third-order valence-corrected chi connectivity index (χ3v) is 3.49. The van der Waals surface area contributed by atoms with E-state index in [1.165, 1.54) is 6.20 Å². The summed E-state index contributed by atoms with van der Waals surface area (Å²) in [6.07, 6.45) is 3.40. The topological polar surface area (TPSA) is 44.3 Å². The highest BCUT2D eigenvalue weighted by molar-refractivity contribution is 5.44. The van der Waals surface area contributed by atoms with Crippen LogP contribution in [0.4, 0.5) is 16.2 Å². The predicted octanol–water partition coefficient (Wildman–Crippen LogP) is 1.44. The minimum atomic E-state index is -0.343. The molecule has 0 bridgehead atoms. The average Bonchev–Trinajstić information content (AvgIpc) is 2.40. The van der Waals surface area contributed by atoms with E-state index in [1.807, 2.05) is 4.90 Å². The predicted molar refractivity (Wildman–Crippen MR) is 75.0 cm³/mol. The van der Waals surface area contributed by atoms with E-state index in [-0.39, 0.29) is 5.82 Å². The van der Waals surface area contributed by atoms with Crippen molar-refractivity contribution in [2.75, 3.05) is 51.0 Å². The van der Waals surface area contributed by atoms with Gasteiger partial charge in [-0.15, -0.1) is 0 Å². The van der Waals surface area contributed by atoms with Crippen LogP contribution in [-0.4, -0.2) is 55.6 Å². The third-order valence-electron chi connectivity index (χ3n) is 3.49. The molecule has 1 N–H and O–H groups in total. The largest absolute Gasteiger partial charge is 0.357 e. The Bertz CT molecular complexity index is 415. The highest BCUT2D eigenvalue weighted by atomic mass is 19.1. The van der Waals surface area contributed by atoms with Crippen molar-refractivity contribution in [2.24, 2.45) is 5.92 Å². The fourth-order valence-corrected chi connectivity index (χ4v) is 2.54. The molecule has 1 aliphatic rings. The molecule has 0 spiro atoms. The summed E-state index contributed by atoms with van der Waals surface area (Å²) in [6, 6.07) is 0. The van der Waals surface area contributed by atoms with Crippen LogP contribution in [0.25, 0.3) is 0 Å². The molecule has 0 radical (unpaired) electrons. The molecular formula is C13H22FN5. The molecule has 1 saturated heterocycles. The second kappa shape index (κ2) is 6.14. The number of piperidine rings is 1. The lowest BCUT2D eigenvalue weighted by Gasteiger charge is -2.34. The number of rotatable bonds is 4. The first-order valence-corrected chi connectivity index (χ1v) is 6.70. The molecule has 1 aromatic heterocycles. The van der Waals surface area contributed by atoms with Crippen LogP contribution in [0.15, 0.2) is 6.20 Å². The summed E-state index contributed by atoms with van der Waals surface area (Å²) < 4.78 is 13.8. The summed E-state index contributed by atoms with van der Waals surface area (Å²) in [5.74, 6) is 1.24. The number of hydrogen-bond acceptors (Lipinski definition) is 5. The van der Waals surface area contributed by atoms with Crippen LogP contribution in [0.1, 0.15) is 12.8 Å². The molecule has 0 aromatic carbocycles. The van der Waals surface area contributed by atoms with Gasteiger partial charge in [0.1, 0.15) is 0 Å². The second-order valence-corrected chi connectivity index (χ2v) is 5.31. The van der Waals surface area contributed by atoms with Gasteiger partial charge in [0.15, 0.2) is 11.6 Å². The van der Waals surface area contributed by atoms with Gasteiger partial charge in [0.2, 0.25) is 5.95 Å². The zero-order valence-corrected chi connectivity index (χ0v) is 11.9. The van der Waals surface area contributed by atoms with Gasteiger partial charge in [0.05, 0.1) is 6.20 Å². The number of halogens is 1.